The van der Waals surface area contributed by atoms with E-state index in [4.69, 9.17) is 25.2 Å². The monoisotopic (exact) mass is 276 g/mol. The molecular weight excluding hydrogens is 263 g/mol. The van der Waals surface area contributed by atoms with E-state index in [1.54, 1.807) is 24.3 Å². The van der Waals surface area contributed by atoms with E-state index in [9.17, 15) is 4.57 Å². The Balaban J connectivity index is 2.10. The maximum Gasteiger partial charge on any atom is 0.530 e. The first-order valence-electron chi connectivity index (χ1n) is 5.24. The quantitative estimate of drug-likeness (QED) is 0.769. The van der Waals surface area contributed by atoms with E-state index >= 15 is 0 Å². The molecule has 0 aromatic heterocycles. The van der Waals surface area contributed by atoms with Crippen LogP contribution in [0.2, 0.25) is 5.02 Å². The van der Waals surface area contributed by atoms with Crippen molar-refractivity contribution >= 4 is 19.4 Å². The summed E-state index contributed by atoms with van der Waals surface area (Å²) in [6, 6.07) is 6.77. The second-order valence-corrected chi connectivity index (χ2v) is 6.68. The minimum absolute atomic E-state index is 0.155. The third-order valence-corrected chi connectivity index (χ3v) is 3.90. The minimum Gasteiger partial charge on any atom is -0.402 e. The largest absolute Gasteiger partial charge is 0.530 e. The Morgan fingerprint density at radius 2 is 1.88 bits per heavy atom. The van der Waals surface area contributed by atoms with Crippen molar-refractivity contribution in [1.82, 2.24) is 0 Å². The SMILES string of the molecule is CC1(C)COP(=O)(Oc2ccccc2Cl)OC1. The van der Waals surface area contributed by atoms with Crippen molar-refractivity contribution in [3.8, 4) is 5.75 Å². The molecule has 0 unspecified atom stereocenters. The molecule has 0 atom stereocenters. The molecule has 1 aliphatic heterocycles. The van der Waals surface area contributed by atoms with Gasteiger partial charge in [-0.05, 0) is 12.1 Å². The highest BCUT2D eigenvalue weighted by Gasteiger charge is 2.39. The Bertz CT molecular complexity index is 447. The Morgan fingerprint density at radius 1 is 1.29 bits per heavy atom. The number of hydrogen-bond donors (Lipinski definition) is 0. The van der Waals surface area contributed by atoms with Gasteiger partial charge < -0.3 is 4.52 Å². The van der Waals surface area contributed by atoms with Crippen LogP contribution in [0.5, 0.6) is 5.75 Å². The number of rotatable bonds is 2. The van der Waals surface area contributed by atoms with Gasteiger partial charge in [0.05, 0.1) is 18.2 Å². The summed E-state index contributed by atoms with van der Waals surface area (Å²) >= 11 is 5.90. The van der Waals surface area contributed by atoms with Crippen LogP contribution in [0.1, 0.15) is 13.8 Å². The van der Waals surface area contributed by atoms with Gasteiger partial charge in [0.1, 0.15) is 5.75 Å². The lowest BCUT2D eigenvalue weighted by molar-refractivity contribution is 0.0182. The summed E-state index contributed by atoms with van der Waals surface area (Å²) in [5, 5.41) is 0.375. The maximum atomic E-state index is 12.1. The fraction of sp³-hybridized carbons (Fsp3) is 0.455. The van der Waals surface area contributed by atoms with Gasteiger partial charge in [-0.25, -0.2) is 4.57 Å². The highest BCUT2D eigenvalue weighted by molar-refractivity contribution is 7.49. The van der Waals surface area contributed by atoms with Gasteiger partial charge in [-0.1, -0.05) is 37.6 Å². The van der Waals surface area contributed by atoms with Crippen LogP contribution < -0.4 is 4.52 Å². The summed E-state index contributed by atoms with van der Waals surface area (Å²) in [6.45, 7) is 4.58. The lowest BCUT2D eigenvalue weighted by Crippen LogP contribution is -2.30. The summed E-state index contributed by atoms with van der Waals surface area (Å²) in [7, 11) is -3.53. The summed E-state index contributed by atoms with van der Waals surface area (Å²) in [4.78, 5) is 0. The molecule has 1 saturated heterocycles. The van der Waals surface area contributed by atoms with Gasteiger partial charge >= 0.3 is 7.82 Å². The van der Waals surface area contributed by atoms with Crippen LogP contribution in [0.15, 0.2) is 24.3 Å². The van der Waals surface area contributed by atoms with E-state index in [-0.39, 0.29) is 5.41 Å². The first kappa shape index (κ1) is 12.9. The van der Waals surface area contributed by atoms with Gasteiger partial charge in [-0.2, -0.15) is 0 Å². The fourth-order valence-corrected chi connectivity index (χ4v) is 3.10. The fourth-order valence-electron chi connectivity index (χ4n) is 1.28. The second-order valence-electron chi connectivity index (χ2n) is 4.68. The van der Waals surface area contributed by atoms with Crippen LogP contribution in [-0.4, -0.2) is 13.2 Å². The molecule has 0 bridgehead atoms. The third-order valence-electron chi connectivity index (χ3n) is 2.27. The van der Waals surface area contributed by atoms with E-state index in [1.165, 1.54) is 0 Å². The number of phosphoric acid groups is 1. The van der Waals surface area contributed by atoms with Crippen molar-refractivity contribution in [3.63, 3.8) is 0 Å². The maximum absolute atomic E-state index is 12.1. The van der Waals surface area contributed by atoms with Gasteiger partial charge in [0.15, 0.2) is 0 Å². The van der Waals surface area contributed by atoms with Crippen LogP contribution in [0.3, 0.4) is 0 Å². The van der Waals surface area contributed by atoms with Gasteiger partial charge in [0.25, 0.3) is 0 Å². The summed E-state index contributed by atoms with van der Waals surface area (Å²) in [5.74, 6) is 0.303. The molecule has 17 heavy (non-hydrogen) atoms. The Morgan fingerprint density at radius 3 is 2.47 bits per heavy atom. The molecule has 0 amide bonds. The van der Waals surface area contributed by atoms with Crippen molar-refractivity contribution in [2.45, 2.75) is 13.8 Å². The molecule has 1 heterocycles. The van der Waals surface area contributed by atoms with E-state index in [1.807, 2.05) is 13.8 Å². The molecule has 4 nitrogen and oxygen atoms in total. The lowest BCUT2D eigenvalue weighted by Gasteiger charge is -2.32. The Hall–Kier alpha value is -0.540. The highest BCUT2D eigenvalue weighted by Crippen LogP contribution is 2.55. The number of hydrogen-bond acceptors (Lipinski definition) is 4. The zero-order chi connectivity index (χ0) is 12.5. The average Bonchev–Trinajstić information content (AvgIpc) is 2.27. The van der Waals surface area contributed by atoms with Crippen molar-refractivity contribution < 1.29 is 18.1 Å². The predicted octanol–water partition coefficient (Wildman–Crippen LogP) is 3.90. The molecule has 0 saturated carbocycles. The molecule has 94 valence electrons. The first-order valence-corrected chi connectivity index (χ1v) is 7.07. The standard InChI is InChI=1S/C11H14ClO4P/c1-11(2)7-14-17(13,15-8-11)16-10-6-4-3-5-9(10)12/h3-6H,7-8H2,1-2H3. The van der Waals surface area contributed by atoms with Crippen molar-refractivity contribution in [2.75, 3.05) is 13.2 Å². The molecule has 6 heteroatoms. The molecule has 1 aromatic carbocycles. The molecule has 1 aliphatic rings. The van der Waals surface area contributed by atoms with E-state index in [2.05, 4.69) is 0 Å². The van der Waals surface area contributed by atoms with E-state index in [0.717, 1.165) is 0 Å². The molecule has 0 N–H and O–H groups in total. The van der Waals surface area contributed by atoms with Gasteiger partial charge in [-0.3, -0.25) is 9.05 Å². The van der Waals surface area contributed by atoms with Gasteiger partial charge in [0.2, 0.25) is 0 Å². The van der Waals surface area contributed by atoms with Crippen LogP contribution in [0.4, 0.5) is 0 Å². The summed E-state index contributed by atoms with van der Waals surface area (Å²) in [6.07, 6.45) is 0. The number of para-hydroxylation sites is 1. The van der Waals surface area contributed by atoms with Crippen LogP contribution in [0, 0.1) is 5.41 Å². The smallest absolute Gasteiger partial charge is 0.402 e. The topological polar surface area (TPSA) is 44.8 Å². The number of benzene rings is 1. The van der Waals surface area contributed by atoms with Crippen molar-refractivity contribution in [1.29, 1.82) is 0 Å². The van der Waals surface area contributed by atoms with Crippen LogP contribution in [0.25, 0.3) is 0 Å². The molecule has 1 aromatic rings. The van der Waals surface area contributed by atoms with Crippen LogP contribution >= 0.6 is 19.4 Å². The Kier molecular flexibility index (Phi) is 3.50. The van der Waals surface area contributed by atoms with E-state index in [0.29, 0.717) is 24.0 Å². The normalized spacial score (nSPS) is 22.1. The van der Waals surface area contributed by atoms with Gasteiger partial charge in [-0.15, -0.1) is 0 Å². The second kappa shape index (κ2) is 4.62. The lowest BCUT2D eigenvalue weighted by atomic mass is 9.97. The van der Waals surface area contributed by atoms with E-state index < -0.39 is 7.82 Å². The third kappa shape index (κ3) is 3.23. The Labute approximate surface area is 105 Å². The molecule has 0 radical (unpaired) electrons. The zero-order valence-electron chi connectivity index (χ0n) is 9.68. The summed E-state index contributed by atoms with van der Waals surface area (Å²) in [5.41, 5.74) is -0.155. The number of halogens is 1. The van der Waals surface area contributed by atoms with Crippen LogP contribution in [-0.2, 0) is 13.6 Å². The highest BCUT2D eigenvalue weighted by atomic mass is 35.5. The zero-order valence-corrected chi connectivity index (χ0v) is 11.3. The van der Waals surface area contributed by atoms with Crippen molar-refractivity contribution in [3.05, 3.63) is 29.3 Å². The molecule has 0 aliphatic carbocycles. The van der Waals surface area contributed by atoms with Gasteiger partial charge in [0, 0.05) is 5.41 Å². The molecular formula is C11H14ClO4P. The van der Waals surface area contributed by atoms with Crippen molar-refractivity contribution in [2.24, 2.45) is 5.41 Å². The first-order chi connectivity index (χ1) is 7.90. The average molecular weight is 277 g/mol. The minimum atomic E-state index is -3.53. The molecule has 2 rings (SSSR count). The number of phosphoric ester groups is 1. The summed E-state index contributed by atoms with van der Waals surface area (Å²) < 4.78 is 27.7. The predicted molar refractivity (Wildman–Crippen MR) is 65.4 cm³/mol. The molecule has 0 spiro atoms. The molecule has 1 fully saturated rings.